The van der Waals surface area contributed by atoms with Crippen LogP contribution in [0.15, 0.2) is 61.2 Å². The van der Waals surface area contributed by atoms with Crippen LogP contribution >= 0.6 is 0 Å². The Morgan fingerprint density at radius 1 is 0.944 bits per heavy atom. The summed E-state index contributed by atoms with van der Waals surface area (Å²) < 4.78 is 0. The first-order valence-electron chi connectivity index (χ1n) is 12.4. The standard InChI is InChI=1S/C28H31N7O/c1-18(2)32-27-17-29-16-25(33-27)24-12-22-13-26(31-15-23(22)14-30-24)34-28(36)21-6-4-5-20(11-21)19-7-9-35(3)10-8-19/h4-6,11-19H,7-10H2,1-3H3,(H,32,33)(H,31,34,36). The number of fused-ring (bicyclic) bond motifs is 1. The molecule has 1 aliphatic heterocycles. The van der Waals surface area contributed by atoms with Crippen LogP contribution in [0.5, 0.6) is 0 Å². The summed E-state index contributed by atoms with van der Waals surface area (Å²) in [4.78, 5) is 33.3. The molecule has 8 heteroatoms. The average Bonchev–Trinajstić information content (AvgIpc) is 2.88. The Bertz CT molecular complexity index is 1380. The van der Waals surface area contributed by atoms with E-state index in [1.807, 2.05) is 30.3 Å². The number of nitrogens with one attached hydrogen (secondary N) is 2. The van der Waals surface area contributed by atoms with Crippen molar-refractivity contribution in [3.05, 3.63) is 72.3 Å². The SMILES string of the molecule is CC(C)Nc1cncc(-c2cc3cc(NC(=O)c4cccc(C5CCN(C)CC5)c4)ncc3cn2)n1. The Labute approximate surface area is 211 Å². The van der Waals surface area contributed by atoms with Crippen molar-refractivity contribution in [1.29, 1.82) is 0 Å². The molecule has 4 aromatic rings. The lowest BCUT2D eigenvalue weighted by atomic mass is 9.89. The minimum atomic E-state index is -0.163. The molecule has 1 fully saturated rings. The topological polar surface area (TPSA) is 95.9 Å². The van der Waals surface area contributed by atoms with Crippen LogP contribution in [0.25, 0.3) is 22.2 Å². The highest BCUT2D eigenvalue weighted by atomic mass is 16.1. The van der Waals surface area contributed by atoms with Crippen LogP contribution in [-0.2, 0) is 0 Å². The van der Waals surface area contributed by atoms with Crippen LogP contribution in [-0.4, -0.2) is 56.9 Å². The van der Waals surface area contributed by atoms with Gasteiger partial charge in [0.05, 0.1) is 18.1 Å². The largest absolute Gasteiger partial charge is 0.367 e. The molecule has 0 saturated carbocycles. The van der Waals surface area contributed by atoms with Gasteiger partial charge in [-0.1, -0.05) is 12.1 Å². The van der Waals surface area contributed by atoms with Crippen LogP contribution in [0.3, 0.4) is 0 Å². The average molecular weight is 482 g/mol. The molecule has 0 spiro atoms. The Kier molecular flexibility index (Phi) is 6.86. The first-order chi connectivity index (χ1) is 17.4. The molecule has 1 aromatic carbocycles. The highest BCUT2D eigenvalue weighted by molar-refractivity contribution is 6.04. The number of hydrogen-bond acceptors (Lipinski definition) is 7. The summed E-state index contributed by atoms with van der Waals surface area (Å²) in [7, 11) is 2.16. The first-order valence-corrected chi connectivity index (χ1v) is 12.4. The lowest BCUT2D eigenvalue weighted by Gasteiger charge is -2.29. The number of piperidine rings is 1. The van der Waals surface area contributed by atoms with E-state index in [9.17, 15) is 4.79 Å². The molecular weight excluding hydrogens is 450 g/mol. The summed E-state index contributed by atoms with van der Waals surface area (Å²) in [6.07, 6.45) is 9.11. The summed E-state index contributed by atoms with van der Waals surface area (Å²) in [6.45, 7) is 6.28. The van der Waals surface area contributed by atoms with Gasteiger partial charge in [-0.15, -0.1) is 0 Å². The quantitative estimate of drug-likeness (QED) is 0.401. The molecule has 36 heavy (non-hydrogen) atoms. The third-order valence-electron chi connectivity index (χ3n) is 6.52. The number of pyridine rings is 2. The minimum absolute atomic E-state index is 0.163. The number of nitrogens with zero attached hydrogens (tertiary/aromatic N) is 5. The molecule has 2 N–H and O–H groups in total. The van der Waals surface area contributed by atoms with Crippen LogP contribution in [0.1, 0.15) is 48.5 Å². The predicted molar refractivity (Wildman–Crippen MR) is 143 cm³/mol. The van der Waals surface area contributed by atoms with Gasteiger partial charge >= 0.3 is 0 Å². The van der Waals surface area contributed by atoms with Gasteiger partial charge in [-0.25, -0.2) is 9.97 Å². The molecule has 4 heterocycles. The zero-order valence-corrected chi connectivity index (χ0v) is 20.9. The van der Waals surface area contributed by atoms with Crippen molar-refractivity contribution in [2.45, 2.75) is 38.6 Å². The smallest absolute Gasteiger partial charge is 0.256 e. The number of carbonyl (C=O) groups is 1. The van der Waals surface area contributed by atoms with Gasteiger partial charge in [0, 0.05) is 29.4 Å². The van der Waals surface area contributed by atoms with E-state index in [0.29, 0.717) is 34.5 Å². The lowest BCUT2D eigenvalue weighted by Crippen LogP contribution is -2.29. The minimum Gasteiger partial charge on any atom is -0.367 e. The van der Waals surface area contributed by atoms with E-state index in [1.54, 1.807) is 24.8 Å². The third kappa shape index (κ3) is 5.49. The molecule has 0 aliphatic carbocycles. The number of anilines is 2. The molecule has 1 aliphatic rings. The molecule has 5 rings (SSSR count). The molecule has 0 bridgehead atoms. The van der Waals surface area contributed by atoms with Gasteiger partial charge in [0.15, 0.2) is 0 Å². The number of aromatic nitrogens is 4. The maximum atomic E-state index is 13.1. The Morgan fingerprint density at radius 2 is 1.75 bits per heavy atom. The normalized spacial score (nSPS) is 14.8. The molecule has 0 radical (unpaired) electrons. The van der Waals surface area contributed by atoms with Crippen molar-refractivity contribution in [2.24, 2.45) is 0 Å². The first kappa shape index (κ1) is 23.8. The van der Waals surface area contributed by atoms with E-state index < -0.39 is 0 Å². The van der Waals surface area contributed by atoms with Crippen molar-refractivity contribution < 1.29 is 4.79 Å². The molecule has 1 saturated heterocycles. The van der Waals surface area contributed by atoms with Gasteiger partial charge < -0.3 is 15.5 Å². The molecule has 184 valence electrons. The van der Waals surface area contributed by atoms with Crippen molar-refractivity contribution in [3.63, 3.8) is 0 Å². The molecule has 3 aromatic heterocycles. The monoisotopic (exact) mass is 481 g/mol. The number of likely N-dealkylation sites (tertiary alicyclic amines) is 1. The van der Waals surface area contributed by atoms with Crippen LogP contribution in [0.4, 0.5) is 11.6 Å². The summed E-state index contributed by atoms with van der Waals surface area (Å²) in [5.74, 6) is 1.53. The second-order valence-electron chi connectivity index (χ2n) is 9.73. The second-order valence-corrected chi connectivity index (χ2v) is 9.73. The lowest BCUT2D eigenvalue weighted by molar-refractivity contribution is 0.102. The van der Waals surface area contributed by atoms with Crippen LogP contribution in [0, 0.1) is 0 Å². The van der Waals surface area contributed by atoms with Gasteiger partial charge in [-0.3, -0.25) is 14.8 Å². The van der Waals surface area contributed by atoms with Crippen molar-refractivity contribution in [3.8, 4) is 11.4 Å². The fraction of sp³-hybridized carbons (Fsp3) is 0.321. The summed E-state index contributed by atoms with van der Waals surface area (Å²) in [5, 5.41) is 8.02. The number of amides is 1. The number of carbonyl (C=O) groups excluding carboxylic acids is 1. The zero-order chi connectivity index (χ0) is 25.1. The highest BCUT2D eigenvalue weighted by Crippen LogP contribution is 2.28. The fourth-order valence-electron chi connectivity index (χ4n) is 4.57. The summed E-state index contributed by atoms with van der Waals surface area (Å²) in [5.41, 5.74) is 3.26. The van der Waals surface area contributed by atoms with E-state index in [0.717, 1.165) is 36.7 Å². The molecule has 0 atom stereocenters. The van der Waals surface area contributed by atoms with E-state index in [4.69, 9.17) is 0 Å². The predicted octanol–water partition coefficient (Wildman–Crippen LogP) is 4.97. The number of hydrogen-bond donors (Lipinski definition) is 2. The van der Waals surface area contributed by atoms with Gasteiger partial charge in [-0.05, 0) is 88.0 Å². The van der Waals surface area contributed by atoms with Crippen molar-refractivity contribution in [2.75, 3.05) is 30.8 Å². The second kappa shape index (κ2) is 10.4. The molecule has 1 amide bonds. The van der Waals surface area contributed by atoms with Gasteiger partial charge in [0.25, 0.3) is 5.91 Å². The summed E-state index contributed by atoms with van der Waals surface area (Å²) in [6, 6.07) is 12.0. The Balaban J connectivity index is 1.35. The summed E-state index contributed by atoms with van der Waals surface area (Å²) >= 11 is 0. The molecular formula is C28H31N7O. The Hall–Kier alpha value is -3.91. The maximum Gasteiger partial charge on any atom is 0.256 e. The van der Waals surface area contributed by atoms with Crippen LogP contribution in [0.2, 0.25) is 0 Å². The molecule has 8 nitrogen and oxygen atoms in total. The van der Waals surface area contributed by atoms with Crippen molar-refractivity contribution in [1.82, 2.24) is 24.8 Å². The Morgan fingerprint density at radius 3 is 2.56 bits per heavy atom. The molecule has 0 unspecified atom stereocenters. The van der Waals surface area contributed by atoms with Crippen LogP contribution < -0.4 is 10.6 Å². The van der Waals surface area contributed by atoms with Gasteiger partial charge in [-0.2, -0.15) is 0 Å². The zero-order valence-electron chi connectivity index (χ0n) is 20.9. The van der Waals surface area contributed by atoms with E-state index in [2.05, 4.69) is 62.4 Å². The fourth-order valence-corrected chi connectivity index (χ4v) is 4.57. The van der Waals surface area contributed by atoms with E-state index in [-0.39, 0.29) is 11.9 Å². The van der Waals surface area contributed by atoms with Crippen molar-refractivity contribution >= 4 is 28.3 Å². The van der Waals surface area contributed by atoms with E-state index >= 15 is 0 Å². The maximum absolute atomic E-state index is 13.1. The van der Waals surface area contributed by atoms with E-state index in [1.165, 1.54) is 5.56 Å². The van der Waals surface area contributed by atoms with Gasteiger partial charge in [0.2, 0.25) is 0 Å². The third-order valence-corrected chi connectivity index (χ3v) is 6.52. The number of rotatable bonds is 6. The van der Waals surface area contributed by atoms with Gasteiger partial charge in [0.1, 0.15) is 17.3 Å². The highest BCUT2D eigenvalue weighted by Gasteiger charge is 2.19. The number of benzene rings is 1.